The summed E-state index contributed by atoms with van der Waals surface area (Å²) in [6, 6.07) is 18.8. The number of carbonyl (C=O) groups excluding carboxylic acids is 1. The van der Waals surface area contributed by atoms with E-state index in [1.54, 1.807) is 0 Å². The molecule has 0 amide bonds. The van der Waals surface area contributed by atoms with Crippen LogP contribution >= 0.6 is 0 Å². The molecule has 0 saturated heterocycles. The molecule has 0 heterocycles. The number of rotatable bonds is 6. The van der Waals surface area contributed by atoms with Gasteiger partial charge in [-0.25, -0.2) is 0 Å². The van der Waals surface area contributed by atoms with Crippen LogP contribution in [0.3, 0.4) is 0 Å². The molecule has 2 aromatic carbocycles. The van der Waals surface area contributed by atoms with Crippen LogP contribution < -0.4 is 5.73 Å². The molecule has 2 nitrogen and oxygen atoms in total. The van der Waals surface area contributed by atoms with E-state index < -0.39 is 0 Å². The average Bonchev–Trinajstić information content (AvgIpc) is 2.48. The molecular weight excluding hydrogens is 246 g/mol. The lowest BCUT2D eigenvalue weighted by molar-refractivity contribution is -0.110. The van der Waals surface area contributed by atoms with Gasteiger partial charge in [-0.15, -0.1) is 0 Å². The highest BCUT2D eigenvalue weighted by Gasteiger charge is 2.09. The molecule has 0 aliphatic heterocycles. The molecule has 0 aliphatic carbocycles. The summed E-state index contributed by atoms with van der Waals surface area (Å²) in [6.07, 6.45) is 2.52. The smallest absolute Gasteiger partial charge is 0.122 e. The Morgan fingerprint density at radius 3 is 2.20 bits per heavy atom. The highest BCUT2D eigenvalue weighted by atomic mass is 16.1. The standard InChI is InChI=1S/C18H21NO/c1-14(13-20)11-18(19)12-15-7-9-17(10-8-15)16-5-3-2-4-6-16/h2-10,13-14,18H,11-12,19H2,1H3/t14-,18+/m1/s1. The van der Waals surface area contributed by atoms with Gasteiger partial charge in [0.25, 0.3) is 0 Å². The van der Waals surface area contributed by atoms with Gasteiger partial charge in [-0.05, 0) is 29.5 Å². The summed E-state index contributed by atoms with van der Waals surface area (Å²) in [5.41, 5.74) is 9.72. The first-order valence-electron chi connectivity index (χ1n) is 7.04. The molecule has 0 unspecified atom stereocenters. The predicted molar refractivity (Wildman–Crippen MR) is 83.4 cm³/mol. The van der Waals surface area contributed by atoms with Crippen molar-refractivity contribution in [3.05, 3.63) is 60.2 Å². The molecule has 0 saturated carbocycles. The lowest BCUT2D eigenvalue weighted by Gasteiger charge is -2.13. The molecule has 0 bridgehead atoms. The molecule has 2 rings (SSSR count). The highest BCUT2D eigenvalue weighted by molar-refractivity contribution is 5.63. The van der Waals surface area contributed by atoms with Crippen LogP contribution in [0.15, 0.2) is 54.6 Å². The largest absolute Gasteiger partial charge is 0.327 e. The molecule has 2 heteroatoms. The Morgan fingerprint density at radius 1 is 1.00 bits per heavy atom. The van der Waals surface area contributed by atoms with E-state index in [2.05, 4.69) is 36.4 Å². The second-order valence-corrected chi connectivity index (χ2v) is 5.38. The first-order valence-corrected chi connectivity index (χ1v) is 7.04. The van der Waals surface area contributed by atoms with Crippen LogP contribution in [0.1, 0.15) is 18.9 Å². The minimum atomic E-state index is 0.0357. The summed E-state index contributed by atoms with van der Waals surface area (Å²) in [4.78, 5) is 10.6. The van der Waals surface area contributed by atoms with Gasteiger partial charge in [0.05, 0.1) is 0 Å². The van der Waals surface area contributed by atoms with Gasteiger partial charge >= 0.3 is 0 Å². The number of hydrogen-bond acceptors (Lipinski definition) is 2. The van der Waals surface area contributed by atoms with Gasteiger partial charge in [0.15, 0.2) is 0 Å². The van der Waals surface area contributed by atoms with E-state index in [1.165, 1.54) is 16.7 Å². The van der Waals surface area contributed by atoms with Gasteiger partial charge in [0.1, 0.15) is 6.29 Å². The lowest BCUT2D eigenvalue weighted by Crippen LogP contribution is -2.25. The van der Waals surface area contributed by atoms with Crippen LogP contribution in [0.25, 0.3) is 11.1 Å². The molecule has 2 N–H and O–H groups in total. The fraction of sp³-hybridized carbons (Fsp3) is 0.278. The maximum Gasteiger partial charge on any atom is 0.122 e. The van der Waals surface area contributed by atoms with Gasteiger partial charge in [0.2, 0.25) is 0 Å². The zero-order chi connectivity index (χ0) is 14.4. The van der Waals surface area contributed by atoms with Gasteiger partial charge in [-0.1, -0.05) is 61.5 Å². The maximum absolute atomic E-state index is 10.6. The molecule has 0 fully saturated rings. The van der Waals surface area contributed by atoms with E-state index in [-0.39, 0.29) is 12.0 Å². The SMILES string of the molecule is C[C@@H](C=O)C[C@H](N)Cc1ccc(-c2ccccc2)cc1. The van der Waals surface area contributed by atoms with E-state index >= 15 is 0 Å². The average molecular weight is 267 g/mol. The van der Waals surface area contributed by atoms with Gasteiger partial charge in [-0.3, -0.25) is 0 Å². The molecule has 2 aromatic rings. The molecule has 0 spiro atoms. The second kappa shape index (κ2) is 7.01. The third kappa shape index (κ3) is 4.04. The number of carbonyl (C=O) groups is 1. The topological polar surface area (TPSA) is 43.1 Å². The molecule has 2 atom stereocenters. The van der Waals surface area contributed by atoms with Gasteiger partial charge in [0, 0.05) is 12.0 Å². The van der Waals surface area contributed by atoms with Crippen LogP contribution in [0.4, 0.5) is 0 Å². The zero-order valence-corrected chi connectivity index (χ0v) is 11.8. The molecule has 20 heavy (non-hydrogen) atoms. The first kappa shape index (κ1) is 14.5. The molecule has 0 aliphatic rings. The number of benzene rings is 2. The summed E-state index contributed by atoms with van der Waals surface area (Å²) < 4.78 is 0. The fourth-order valence-corrected chi connectivity index (χ4v) is 2.38. The van der Waals surface area contributed by atoms with Gasteiger partial charge < -0.3 is 10.5 Å². The maximum atomic E-state index is 10.6. The van der Waals surface area contributed by atoms with Crippen molar-refractivity contribution in [2.75, 3.05) is 0 Å². The Kier molecular flexibility index (Phi) is 5.08. The van der Waals surface area contributed by atoms with Gasteiger partial charge in [-0.2, -0.15) is 0 Å². The van der Waals surface area contributed by atoms with Crippen molar-refractivity contribution in [3.63, 3.8) is 0 Å². The monoisotopic (exact) mass is 267 g/mol. The Hall–Kier alpha value is -1.93. The summed E-state index contributed by atoms with van der Waals surface area (Å²) in [6.45, 7) is 1.91. The van der Waals surface area contributed by atoms with E-state index in [9.17, 15) is 4.79 Å². The summed E-state index contributed by atoms with van der Waals surface area (Å²) in [5.74, 6) is 0.0357. The Morgan fingerprint density at radius 2 is 1.60 bits per heavy atom. The Labute approximate surface area is 120 Å². The normalized spacial score (nSPS) is 13.7. The van der Waals surface area contributed by atoms with Crippen molar-refractivity contribution >= 4 is 6.29 Å². The zero-order valence-electron chi connectivity index (χ0n) is 11.8. The third-order valence-electron chi connectivity index (χ3n) is 3.47. The molecular formula is C18H21NO. The van der Waals surface area contributed by atoms with Crippen LogP contribution in [0.5, 0.6) is 0 Å². The molecule has 0 radical (unpaired) electrons. The first-order chi connectivity index (χ1) is 9.69. The van der Waals surface area contributed by atoms with E-state index in [4.69, 9.17) is 5.73 Å². The Bertz CT molecular complexity index is 533. The van der Waals surface area contributed by atoms with Crippen LogP contribution in [-0.4, -0.2) is 12.3 Å². The van der Waals surface area contributed by atoms with Crippen molar-refractivity contribution in [2.45, 2.75) is 25.8 Å². The third-order valence-corrected chi connectivity index (χ3v) is 3.47. The fourth-order valence-electron chi connectivity index (χ4n) is 2.38. The van der Waals surface area contributed by atoms with E-state index in [0.29, 0.717) is 0 Å². The predicted octanol–water partition coefficient (Wildman–Crippen LogP) is 3.45. The van der Waals surface area contributed by atoms with Crippen molar-refractivity contribution in [3.8, 4) is 11.1 Å². The molecule has 104 valence electrons. The van der Waals surface area contributed by atoms with Crippen molar-refractivity contribution in [1.82, 2.24) is 0 Å². The van der Waals surface area contributed by atoms with Crippen molar-refractivity contribution in [1.29, 1.82) is 0 Å². The van der Waals surface area contributed by atoms with Crippen LogP contribution in [0.2, 0.25) is 0 Å². The summed E-state index contributed by atoms with van der Waals surface area (Å²) in [7, 11) is 0. The van der Waals surface area contributed by atoms with E-state index in [1.807, 2.05) is 25.1 Å². The summed E-state index contributed by atoms with van der Waals surface area (Å²) in [5, 5.41) is 0. The molecule has 0 aromatic heterocycles. The Balaban J connectivity index is 2.00. The number of hydrogen-bond donors (Lipinski definition) is 1. The lowest BCUT2D eigenvalue weighted by atomic mass is 9.96. The van der Waals surface area contributed by atoms with Crippen LogP contribution in [-0.2, 0) is 11.2 Å². The minimum Gasteiger partial charge on any atom is -0.327 e. The highest BCUT2D eigenvalue weighted by Crippen LogP contribution is 2.20. The van der Waals surface area contributed by atoms with Crippen molar-refractivity contribution in [2.24, 2.45) is 11.7 Å². The minimum absolute atomic E-state index is 0.0357. The summed E-state index contributed by atoms with van der Waals surface area (Å²) >= 11 is 0. The van der Waals surface area contributed by atoms with Crippen LogP contribution in [0, 0.1) is 5.92 Å². The quantitative estimate of drug-likeness (QED) is 0.815. The number of nitrogens with two attached hydrogens (primary N) is 1. The second-order valence-electron chi connectivity index (χ2n) is 5.38. The number of aldehydes is 1. The van der Waals surface area contributed by atoms with Crippen molar-refractivity contribution < 1.29 is 4.79 Å². The van der Waals surface area contributed by atoms with E-state index in [0.717, 1.165) is 19.1 Å².